The Kier molecular flexibility index (Phi) is 4.96. The van der Waals surface area contributed by atoms with Gasteiger partial charge in [-0.3, -0.25) is 9.48 Å². The lowest BCUT2D eigenvalue weighted by Crippen LogP contribution is -2.42. The fourth-order valence-corrected chi connectivity index (χ4v) is 3.83. The molecule has 2 heterocycles. The standard InChI is InChI=1S/C16H25N3O4S/c1-3-19-16-13(6-17-19)7-18(15(20)11-24(2,21)22)8-14(16)10-23-9-12-4-5-12/h6,12,14H,3-5,7-11H2,1-2H3. The fourth-order valence-electron chi connectivity index (χ4n) is 3.20. The van der Waals surface area contributed by atoms with Crippen molar-refractivity contribution >= 4 is 15.7 Å². The van der Waals surface area contributed by atoms with Crippen LogP contribution in [0.25, 0.3) is 0 Å². The fraction of sp³-hybridized carbons (Fsp3) is 0.750. The average molecular weight is 355 g/mol. The number of hydrogen-bond donors (Lipinski definition) is 0. The molecule has 3 rings (SSSR count). The lowest BCUT2D eigenvalue weighted by molar-refractivity contribution is -0.130. The van der Waals surface area contributed by atoms with Crippen LogP contribution in [0.5, 0.6) is 0 Å². The topological polar surface area (TPSA) is 81.5 Å². The molecule has 0 spiro atoms. The van der Waals surface area contributed by atoms with Gasteiger partial charge in [0.15, 0.2) is 9.84 Å². The van der Waals surface area contributed by atoms with Gasteiger partial charge in [-0.1, -0.05) is 0 Å². The zero-order valence-corrected chi connectivity index (χ0v) is 15.1. The van der Waals surface area contributed by atoms with Crippen molar-refractivity contribution in [2.45, 2.75) is 38.8 Å². The van der Waals surface area contributed by atoms with Crippen molar-refractivity contribution < 1.29 is 17.9 Å². The summed E-state index contributed by atoms with van der Waals surface area (Å²) in [7, 11) is -3.33. The van der Waals surface area contributed by atoms with Gasteiger partial charge in [0.25, 0.3) is 0 Å². The predicted octanol–water partition coefficient (Wildman–Crippen LogP) is 0.800. The van der Waals surface area contributed by atoms with Gasteiger partial charge in [0.2, 0.25) is 5.91 Å². The van der Waals surface area contributed by atoms with Gasteiger partial charge >= 0.3 is 0 Å². The number of ether oxygens (including phenoxy) is 1. The first kappa shape index (κ1) is 17.4. The highest BCUT2D eigenvalue weighted by atomic mass is 32.2. The molecule has 24 heavy (non-hydrogen) atoms. The van der Waals surface area contributed by atoms with E-state index < -0.39 is 15.6 Å². The summed E-state index contributed by atoms with van der Waals surface area (Å²) in [6.07, 6.45) is 5.35. The van der Waals surface area contributed by atoms with Crippen LogP contribution in [-0.2, 0) is 32.5 Å². The highest BCUT2D eigenvalue weighted by molar-refractivity contribution is 7.91. The third-order valence-electron chi connectivity index (χ3n) is 4.56. The maximum absolute atomic E-state index is 12.3. The van der Waals surface area contributed by atoms with Gasteiger partial charge in [-0.25, -0.2) is 8.42 Å². The van der Waals surface area contributed by atoms with Gasteiger partial charge in [-0.05, 0) is 25.7 Å². The van der Waals surface area contributed by atoms with Gasteiger partial charge in [0, 0.05) is 44.0 Å². The number of sulfone groups is 1. The molecule has 2 aliphatic rings. The number of amides is 1. The third-order valence-corrected chi connectivity index (χ3v) is 5.33. The van der Waals surface area contributed by atoms with Gasteiger partial charge in [0.05, 0.1) is 18.5 Å². The summed E-state index contributed by atoms with van der Waals surface area (Å²) >= 11 is 0. The minimum absolute atomic E-state index is 0.0402. The van der Waals surface area contributed by atoms with Gasteiger partial charge < -0.3 is 9.64 Å². The van der Waals surface area contributed by atoms with E-state index in [1.54, 1.807) is 11.1 Å². The second kappa shape index (κ2) is 6.84. The zero-order chi connectivity index (χ0) is 17.3. The molecule has 1 aromatic rings. The van der Waals surface area contributed by atoms with Crippen LogP contribution in [0.1, 0.15) is 36.9 Å². The Morgan fingerprint density at radius 3 is 2.75 bits per heavy atom. The van der Waals surface area contributed by atoms with E-state index in [1.165, 1.54) is 12.8 Å². The predicted molar refractivity (Wildman–Crippen MR) is 89.3 cm³/mol. The number of fused-ring (bicyclic) bond motifs is 1. The van der Waals surface area contributed by atoms with Gasteiger partial charge in [0.1, 0.15) is 5.75 Å². The molecule has 1 atom stereocenters. The molecule has 134 valence electrons. The van der Waals surface area contributed by atoms with Gasteiger partial charge in [-0.2, -0.15) is 5.10 Å². The molecule has 1 unspecified atom stereocenters. The maximum Gasteiger partial charge on any atom is 0.238 e. The molecule has 1 aromatic heterocycles. The van der Waals surface area contributed by atoms with Crippen LogP contribution in [0.2, 0.25) is 0 Å². The van der Waals surface area contributed by atoms with E-state index in [2.05, 4.69) is 5.10 Å². The molecule has 1 amide bonds. The number of aromatic nitrogens is 2. The quantitative estimate of drug-likeness (QED) is 0.723. The Labute approximate surface area is 142 Å². The molecule has 1 saturated carbocycles. The van der Waals surface area contributed by atoms with Gasteiger partial charge in [-0.15, -0.1) is 0 Å². The summed E-state index contributed by atoms with van der Waals surface area (Å²) in [4.78, 5) is 13.9. The van der Waals surface area contributed by atoms with Crippen molar-refractivity contribution in [1.82, 2.24) is 14.7 Å². The van der Waals surface area contributed by atoms with E-state index >= 15 is 0 Å². The lowest BCUT2D eigenvalue weighted by Gasteiger charge is -2.33. The first-order valence-electron chi connectivity index (χ1n) is 8.45. The second-order valence-corrected chi connectivity index (χ2v) is 9.03. The molecular weight excluding hydrogens is 330 g/mol. The summed E-state index contributed by atoms with van der Waals surface area (Å²) in [6, 6.07) is 0. The minimum Gasteiger partial charge on any atom is -0.380 e. The zero-order valence-electron chi connectivity index (χ0n) is 14.3. The molecule has 1 fully saturated rings. The highest BCUT2D eigenvalue weighted by Gasteiger charge is 2.33. The molecule has 0 aromatic carbocycles. The van der Waals surface area contributed by atoms with E-state index in [1.807, 2.05) is 11.6 Å². The number of nitrogens with zero attached hydrogens (tertiary/aromatic N) is 3. The molecular formula is C16H25N3O4S. The lowest BCUT2D eigenvalue weighted by atomic mass is 9.97. The smallest absolute Gasteiger partial charge is 0.238 e. The monoisotopic (exact) mass is 355 g/mol. The SMILES string of the molecule is CCn1ncc2c1C(COCC1CC1)CN(C(=O)CS(C)(=O)=O)C2. The Hall–Kier alpha value is -1.41. The van der Waals surface area contributed by atoms with Crippen molar-refractivity contribution in [3.63, 3.8) is 0 Å². The largest absolute Gasteiger partial charge is 0.380 e. The Balaban J connectivity index is 1.74. The molecule has 0 bridgehead atoms. The second-order valence-electron chi connectivity index (χ2n) is 6.89. The first-order valence-corrected chi connectivity index (χ1v) is 10.5. The van der Waals surface area contributed by atoms with Crippen LogP contribution in [0, 0.1) is 5.92 Å². The number of aryl methyl sites for hydroxylation is 1. The first-order chi connectivity index (χ1) is 11.4. The number of rotatable bonds is 7. The summed E-state index contributed by atoms with van der Waals surface area (Å²) in [6.45, 7) is 5.02. The molecule has 0 radical (unpaired) electrons. The Bertz CT molecular complexity index is 709. The highest BCUT2D eigenvalue weighted by Crippen LogP contribution is 2.31. The van der Waals surface area contributed by atoms with Crippen LogP contribution in [0.15, 0.2) is 6.20 Å². The van der Waals surface area contributed by atoms with Crippen molar-refractivity contribution in [3.05, 3.63) is 17.5 Å². The average Bonchev–Trinajstić information content (AvgIpc) is 3.22. The van der Waals surface area contributed by atoms with Crippen molar-refractivity contribution in [3.8, 4) is 0 Å². The van der Waals surface area contributed by atoms with Crippen molar-refractivity contribution in [1.29, 1.82) is 0 Å². The molecule has 0 saturated heterocycles. The van der Waals surface area contributed by atoms with Crippen LogP contribution in [-0.4, -0.2) is 60.8 Å². The minimum atomic E-state index is -3.33. The van der Waals surface area contributed by atoms with Crippen LogP contribution in [0.4, 0.5) is 0 Å². The number of hydrogen-bond acceptors (Lipinski definition) is 5. The van der Waals surface area contributed by atoms with Crippen LogP contribution < -0.4 is 0 Å². The van der Waals surface area contributed by atoms with E-state index in [0.29, 0.717) is 25.6 Å². The maximum atomic E-state index is 12.3. The Morgan fingerprint density at radius 2 is 2.12 bits per heavy atom. The molecule has 8 heteroatoms. The summed E-state index contributed by atoms with van der Waals surface area (Å²) in [5.41, 5.74) is 2.11. The van der Waals surface area contributed by atoms with E-state index in [-0.39, 0.29) is 11.8 Å². The Morgan fingerprint density at radius 1 is 1.38 bits per heavy atom. The number of carbonyl (C=O) groups excluding carboxylic acids is 1. The van der Waals surface area contributed by atoms with Crippen LogP contribution in [0.3, 0.4) is 0 Å². The molecule has 7 nitrogen and oxygen atoms in total. The third kappa shape index (κ3) is 4.16. The van der Waals surface area contributed by atoms with E-state index in [0.717, 1.165) is 30.7 Å². The van der Waals surface area contributed by atoms with Crippen molar-refractivity contribution in [2.75, 3.05) is 31.8 Å². The molecule has 1 aliphatic carbocycles. The summed E-state index contributed by atoms with van der Waals surface area (Å²) in [5, 5.41) is 4.40. The molecule has 1 aliphatic heterocycles. The molecule has 0 N–H and O–H groups in total. The summed E-state index contributed by atoms with van der Waals surface area (Å²) in [5.74, 6) is -0.0648. The van der Waals surface area contributed by atoms with E-state index in [9.17, 15) is 13.2 Å². The van der Waals surface area contributed by atoms with Crippen molar-refractivity contribution in [2.24, 2.45) is 5.92 Å². The van der Waals surface area contributed by atoms with Crippen LogP contribution >= 0.6 is 0 Å². The normalized spacial score (nSPS) is 20.9. The van der Waals surface area contributed by atoms with E-state index in [4.69, 9.17) is 4.74 Å². The summed E-state index contributed by atoms with van der Waals surface area (Å²) < 4.78 is 30.7. The number of carbonyl (C=O) groups is 1.